The summed E-state index contributed by atoms with van der Waals surface area (Å²) >= 11 is 0. The molecular weight excluding hydrogens is 487 g/mol. The summed E-state index contributed by atoms with van der Waals surface area (Å²) in [6, 6.07) is 6.00. The fraction of sp³-hybridized carbons (Fsp3) is 0.250. The van der Waals surface area contributed by atoms with Crippen LogP contribution >= 0.6 is 0 Å². The molecule has 12 heteroatoms. The Labute approximate surface area is 204 Å². The average molecular weight is 510 g/mol. The number of hydrogen-bond donors (Lipinski definition) is 1. The van der Waals surface area contributed by atoms with Crippen molar-refractivity contribution in [3.05, 3.63) is 89.6 Å². The van der Waals surface area contributed by atoms with E-state index in [1.165, 1.54) is 18.2 Å². The van der Waals surface area contributed by atoms with E-state index in [0.717, 1.165) is 5.70 Å². The molecule has 2 unspecified atom stereocenters. The quantitative estimate of drug-likeness (QED) is 0.202. The number of azo groups is 1. The topological polar surface area (TPSA) is 83.4 Å². The van der Waals surface area contributed by atoms with Gasteiger partial charge in [0, 0.05) is 19.8 Å². The van der Waals surface area contributed by atoms with E-state index in [0.29, 0.717) is 0 Å². The zero-order valence-electron chi connectivity index (χ0n) is 19.4. The number of benzene rings is 1. The first-order valence-electron chi connectivity index (χ1n) is 10.4. The highest BCUT2D eigenvalue weighted by Crippen LogP contribution is 2.37. The molecule has 2 rings (SSSR count). The number of rotatable bonds is 10. The van der Waals surface area contributed by atoms with Crippen molar-refractivity contribution < 1.29 is 36.3 Å². The monoisotopic (exact) mass is 510 g/mol. The third-order valence-electron chi connectivity index (χ3n) is 4.58. The summed E-state index contributed by atoms with van der Waals surface area (Å²) in [5.74, 6) is -10.5. The zero-order valence-corrected chi connectivity index (χ0v) is 19.4. The minimum absolute atomic E-state index is 0.0165. The lowest BCUT2D eigenvalue weighted by atomic mass is 10.1. The number of carbonyl (C=O) groups excluding carboxylic acids is 2. The Hall–Kier alpha value is -4.09. The molecule has 192 valence electrons. The number of esters is 1. The van der Waals surface area contributed by atoms with Crippen molar-refractivity contribution in [2.75, 3.05) is 27.2 Å². The van der Waals surface area contributed by atoms with Gasteiger partial charge in [-0.15, -0.1) is 0 Å². The van der Waals surface area contributed by atoms with Crippen LogP contribution in [0.2, 0.25) is 0 Å². The molecule has 0 spiro atoms. The second kappa shape index (κ2) is 13.1. The first kappa shape index (κ1) is 28.1. The molecule has 1 aromatic carbocycles. The van der Waals surface area contributed by atoms with Gasteiger partial charge < -0.3 is 15.0 Å². The van der Waals surface area contributed by atoms with Gasteiger partial charge in [0.25, 0.3) is 5.91 Å². The zero-order chi connectivity index (χ0) is 26.8. The molecule has 1 aliphatic carbocycles. The molecule has 0 saturated carbocycles. The van der Waals surface area contributed by atoms with Crippen LogP contribution in [0.1, 0.15) is 10.4 Å². The van der Waals surface area contributed by atoms with E-state index in [1.807, 2.05) is 19.0 Å². The molecule has 7 nitrogen and oxygen atoms in total. The van der Waals surface area contributed by atoms with Gasteiger partial charge in [-0.3, -0.25) is 4.79 Å². The van der Waals surface area contributed by atoms with Gasteiger partial charge in [-0.05, 0) is 24.3 Å². The molecule has 2 atom stereocenters. The summed E-state index contributed by atoms with van der Waals surface area (Å²) in [6.45, 7) is 2.91. The second-order valence-corrected chi connectivity index (χ2v) is 7.36. The van der Waals surface area contributed by atoms with Crippen LogP contribution in [-0.2, 0) is 9.53 Å². The largest absolute Gasteiger partial charge is 0.419 e. The predicted octanol–water partition coefficient (Wildman–Crippen LogP) is 5.25. The van der Waals surface area contributed by atoms with Crippen LogP contribution in [0.3, 0.4) is 0 Å². The van der Waals surface area contributed by atoms with Crippen molar-refractivity contribution in [1.29, 1.82) is 0 Å². The Kier molecular flexibility index (Phi) is 10.3. The molecule has 36 heavy (non-hydrogen) atoms. The van der Waals surface area contributed by atoms with Crippen LogP contribution in [0.5, 0.6) is 0 Å². The van der Waals surface area contributed by atoms with Crippen LogP contribution in [0.25, 0.3) is 0 Å². The molecule has 0 bridgehead atoms. The third-order valence-corrected chi connectivity index (χ3v) is 4.58. The number of allylic oxidation sites excluding steroid dienone is 6. The number of carbonyl (C=O) groups is 2. The summed E-state index contributed by atoms with van der Waals surface area (Å²) in [7, 11) is 3.72. The maximum absolute atomic E-state index is 13.7. The van der Waals surface area contributed by atoms with Crippen LogP contribution in [-0.4, -0.2) is 56.3 Å². The Morgan fingerprint density at radius 1 is 1.14 bits per heavy atom. The number of ether oxygens (including phenoxy) is 1. The van der Waals surface area contributed by atoms with Gasteiger partial charge in [0.1, 0.15) is 6.54 Å². The first-order valence-corrected chi connectivity index (χ1v) is 10.4. The lowest BCUT2D eigenvalue weighted by Crippen LogP contribution is -2.32. The highest BCUT2D eigenvalue weighted by molar-refractivity contribution is 6.00. The van der Waals surface area contributed by atoms with E-state index in [1.54, 1.807) is 30.4 Å². The Morgan fingerprint density at radius 2 is 1.81 bits per heavy atom. The number of likely N-dealkylation sites (N-methyl/N-ethyl adjacent to an activating group) is 1. The molecule has 0 aliphatic heterocycles. The molecule has 1 N–H and O–H groups in total. The fourth-order valence-electron chi connectivity index (χ4n) is 2.77. The second-order valence-electron chi connectivity index (χ2n) is 7.36. The summed E-state index contributed by atoms with van der Waals surface area (Å²) in [5.41, 5.74) is 1.06. The van der Waals surface area contributed by atoms with E-state index < -0.39 is 54.0 Å². The van der Waals surface area contributed by atoms with Gasteiger partial charge in [0.2, 0.25) is 11.6 Å². The number of amides is 1. The smallest absolute Gasteiger partial charge is 0.331 e. The standard InChI is InChI=1S/C24H23F5N4O3/c1-4-8-14(33(2)3)9-7-12-31-32-16-11-6-5-10-15(16)24(35)30-13-17(34)36-23-21(28)19(26)18(25)20(27)22(23)29/h4-11,18-19H,1,12-13H2,2-3H3,(H,30,35)/b9-7-,14-8+,32-31?. The fourth-order valence-corrected chi connectivity index (χ4v) is 2.77. The molecule has 1 amide bonds. The summed E-state index contributed by atoms with van der Waals surface area (Å²) < 4.78 is 71.5. The van der Waals surface area contributed by atoms with E-state index in [9.17, 15) is 31.5 Å². The maximum atomic E-state index is 13.7. The molecule has 0 fully saturated rings. The highest BCUT2D eigenvalue weighted by atomic mass is 19.2. The van der Waals surface area contributed by atoms with Crippen LogP contribution < -0.4 is 5.32 Å². The lowest BCUT2D eigenvalue weighted by Gasteiger charge is -2.19. The minimum atomic E-state index is -3.19. The first-order chi connectivity index (χ1) is 17.1. The van der Waals surface area contributed by atoms with E-state index >= 15 is 0 Å². The molecule has 1 aliphatic rings. The lowest BCUT2D eigenvalue weighted by molar-refractivity contribution is -0.138. The van der Waals surface area contributed by atoms with Gasteiger partial charge >= 0.3 is 5.97 Å². The van der Waals surface area contributed by atoms with E-state index in [4.69, 9.17) is 0 Å². The van der Waals surface area contributed by atoms with Gasteiger partial charge in [0.05, 0.1) is 17.8 Å². The molecule has 1 aromatic rings. The SMILES string of the molecule is C=C/C=C(\C=C/CN=Nc1ccccc1C(=O)NCC(=O)OC1=C(F)C(F)C(F)C(F)=C1F)N(C)C. The average Bonchev–Trinajstić information content (AvgIpc) is 2.86. The normalized spacial score (nSPS) is 18.7. The summed E-state index contributed by atoms with van der Waals surface area (Å²) in [5, 5.41) is 10.1. The number of halogens is 5. The number of nitrogens with zero attached hydrogens (tertiary/aromatic N) is 3. The maximum Gasteiger partial charge on any atom is 0.331 e. The van der Waals surface area contributed by atoms with Crippen molar-refractivity contribution in [2.45, 2.75) is 12.3 Å². The van der Waals surface area contributed by atoms with Crippen molar-refractivity contribution >= 4 is 17.6 Å². The number of hydrogen-bond acceptors (Lipinski definition) is 6. The predicted molar refractivity (Wildman–Crippen MR) is 123 cm³/mol. The summed E-state index contributed by atoms with van der Waals surface area (Å²) in [6.07, 6.45) is 0.621. The molecular formula is C24H23F5N4O3. The van der Waals surface area contributed by atoms with Crippen LogP contribution in [0, 0.1) is 0 Å². The van der Waals surface area contributed by atoms with E-state index in [2.05, 4.69) is 26.9 Å². The van der Waals surface area contributed by atoms with Crippen LogP contribution in [0.15, 0.2) is 94.3 Å². The van der Waals surface area contributed by atoms with Crippen molar-refractivity contribution in [3.63, 3.8) is 0 Å². The minimum Gasteiger partial charge on any atom is -0.419 e. The van der Waals surface area contributed by atoms with Gasteiger partial charge in [-0.2, -0.15) is 14.6 Å². The molecule has 0 aromatic heterocycles. The summed E-state index contributed by atoms with van der Waals surface area (Å²) in [4.78, 5) is 26.2. The van der Waals surface area contributed by atoms with E-state index in [-0.39, 0.29) is 17.8 Å². The number of alkyl halides is 2. The Bertz CT molecular complexity index is 1160. The molecule has 0 saturated heterocycles. The van der Waals surface area contributed by atoms with Gasteiger partial charge in [0.15, 0.2) is 24.0 Å². The Morgan fingerprint density at radius 3 is 2.47 bits per heavy atom. The van der Waals surface area contributed by atoms with Crippen molar-refractivity contribution in [2.24, 2.45) is 10.2 Å². The highest BCUT2D eigenvalue weighted by Gasteiger charge is 2.42. The van der Waals surface area contributed by atoms with Crippen molar-refractivity contribution in [1.82, 2.24) is 10.2 Å². The molecule has 0 radical (unpaired) electrons. The molecule has 0 heterocycles. The van der Waals surface area contributed by atoms with Crippen LogP contribution in [0.4, 0.5) is 27.6 Å². The Balaban J connectivity index is 2.01. The third kappa shape index (κ3) is 7.20. The van der Waals surface area contributed by atoms with Gasteiger partial charge in [-0.1, -0.05) is 30.9 Å². The van der Waals surface area contributed by atoms with Gasteiger partial charge in [-0.25, -0.2) is 22.4 Å². The van der Waals surface area contributed by atoms with Crippen molar-refractivity contribution in [3.8, 4) is 0 Å². The number of nitrogens with one attached hydrogen (secondary N) is 1.